The van der Waals surface area contributed by atoms with E-state index < -0.39 is 17.4 Å². The van der Waals surface area contributed by atoms with E-state index in [0.29, 0.717) is 18.2 Å². The van der Waals surface area contributed by atoms with Crippen molar-refractivity contribution in [1.82, 2.24) is 19.1 Å². The molecule has 4 aromatic rings. The zero-order valence-corrected chi connectivity index (χ0v) is 18.6. The quantitative estimate of drug-likeness (QED) is 0.359. The maximum Gasteiger partial charge on any atom is 0.329 e. The molecule has 0 unspecified atom stereocenters. The first-order valence-corrected chi connectivity index (χ1v) is 10.8. The van der Waals surface area contributed by atoms with Gasteiger partial charge in [-0.1, -0.05) is 48.5 Å². The van der Waals surface area contributed by atoms with Crippen molar-refractivity contribution in [3.8, 4) is 5.75 Å². The Balaban J connectivity index is 1.58. The van der Waals surface area contributed by atoms with Gasteiger partial charge in [-0.25, -0.2) is 4.79 Å². The Morgan fingerprint density at radius 1 is 1.12 bits per heavy atom. The molecule has 172 valence electrons. The maximum absolute atomic E-state index is 12.6. The lowest BCUT2D eigenvalue weighted by atomic mass is 10.1. The lowest BCUT2D eigenvalue weighted by Crippen LogP contribution is -2.31. The summed E-state index contributed by atoms with van der Waals surface area (Å²) in [5.74, 6) is 1.09. The summed E-state index contributed by atoms with van der Waals surface area (Å²) in [6, 6.07) is 17.5. The molecule has 33 heavy (non-hydrogen) atoms. The van der Waals surface area contributed by atoms with E-state index in [1.165, 1.54) is 4.57 Å². The van der Waals surface area contributed by atoms with Crippen LogP contribution in [-0.4, -0.2) is 43.5 Å². The van der Waals surface area contributed by atoms with Crippen LogP contribution >= 0.6 is 0 Å². The zero-order valence-electron chi connectivity index (χ0n) is 18.6. The van der Waals surface area contributed by atoms with E-state index in [-0.39, 0.29) is 24.3 Å². The molecule has 0 fully saturated rings. The number of imidazole rings is 1. The van der Waals surface area contributed by atoms with Gasteiger partial charge in [0.1, 0.15) is 18.5 Å². The average molecular weight is 450 g/mol. The van der Waals surface area contributed by atoms with Crippen LogP contribution in [0.25, 0.3) is 11.2 Å². The third-order valence-corrected chi connectivity index (χ3v) is 5.46. The summed E-state index contributed by atoms with van der Waals surface area (Å²) in [6.07, 6.45) is -0.161. The van der Waals surface area contributed by atoms with Gasteiger partial charge in [-0.15, -0.1) is 0 Å². The van der Waals surface area contributed by atoms with Crippen molar-refractivity contribution in [2.45, 2.75) is 26.0 Å². The number of anilines is 1. The van der Waals surface area contributed by atoms with Crippen molar-refractivity contribution in [2.75, 3.05) is 18.5 Å². The van der Waals surface area contributed by atoms with E-state index in [0.717, 1.165) is 17.5 Å². The zero-order chi connectivity index (χ0) is 23.4. The van der Waals surface area contributed by atoms with Crippen LogP contribution in [0.5, 0.6) is 5.75 Å². The number of fused-ring (bicyclic) bond motifs is 1. The maximum atomic E-state index is 12.6. The van der Waals surface area contributed by atoms with Gasteiger partial charge in [0, 0.05) is 13.6 Å². The highest BCUT2D eigenvalue weighted by Crippen LogP contribution is 2.19. The molecule has 1 atom stereocenters. The predicted octanol–water partition coefficient (Wildman–Crippen LogP) is 1.83. The highest BCUT2D eigenvalue weighted by Gasteiger charge is 2.20. The SMILES string of the molecule is Cc1ccccc1OC[C@@H](O)Cn1c(NCCc2ccccc2)nc2c1c(=O)[nH]c(=O)n2C. The minimum atomic E-state index is -0.909. The highest BCUT2D eigenvalue weighted by atomic mass is 16.5. The summed E-state index contributed by atoms with van der Waals surface area (Å²) in [6.45, 7) is 2.60. The van der Waals surface area contributed by atoms with Crippen molar-refractivity contribution in [3.63, 3.8) is 0 Å². The fourth-order valence-corrected chi connectivity index (χ4v) is 3.68. The smallest absolute Gasteiger partial charge is 0.329 e. The minimum absolute atomic E-state index is 0.0393. The molecule has 0 aliphatic heterocycles. The van der Waals surface area contributed by atoms with E-state index in [1.54, 1.807) is 11.6 Å². The Morgan fingerprint density at radius 3 is 2.61 bits per heavy atom. The molecular weight excluding hydrogens is 422 g/mol. The molecule has 9 nitrogen and oxygen atoms in total. The number of nitrogens with one attached hydrogen (secondary N) is 2. The molecular formula is C24H27N5O4. The Kier molecular flexibility index (Phi) is 6.60. The van der Waals surface area contributed by atoms with Gasteiger partial charge in [-0.2, -0.15) is 4.98 Å². The molecule has 3 N–H and O–H groups in total. The van der Waals surface area contributed by atoms with Gasteiger partial charge >= 0.3 is 5.69 Å². The first kappa shape index (κ1) is 22.3. The van der Waals surface area contributed by atoms with Gasteiger partial charge in [0.15, 0.2) is 11.2 Å². The number of aryl methyl sites for hydroxylation is 2. The van der Waals surface area contributed by atoms with Gasteiger partial charge in [-0.05, 0) is 30.5 Å². The van der Waals surface area contributed by atoms with E-state index in [4.69, 9.17) is 4.74 Å². The Labute approximate surface area is 190 Å². The number of hydrogen-bond donors (Lipinski definition) is 3. The fourth-order valence-electron chi connectivity index (χ4n) is 3.68. The van der Waals surface area contributed by atoms with E-state index >= 15 is 0 Å². The molecule has 0 radical (unpaired) electrons. The minimum Gasteiger partial charge on any atom is -0.491 e. The van der Waals surface area contributed by atoms with Gasteiger partial charge < -0.3 is 19.7 Å². The number of para-hydroxylation sites is 1. The number of rotatable bonds is 9. The van der Waals surface area contributed by atoms with E-state index in [1.807, 2.05) is 61.5 Å². The molecule has 0 amide bonds. The Bertz CT molecular complexity index is 1360. The summed E-state index contributed by atoms with van der Waals surface area (Å²) < 4.78 is 8.65. The van der Waals surface area contributed by atoms with Crippen molar-refractivity contribution in [3.05, 3.63) is 86.6 Å². The number of aliphatic hydroxyl groups excluding tert-OH is 1. The second-order valence-electron chi connectivity index (χ2n) is 7.93. The van der Waals surface area contributed by atoms with Crippen LogP contribution in [-0.2, 0) is 20.0 Å². The molecule has 9 heteroatoms. The van der Waals surface area contributed by atoms with Gasteiger partial charge in [-0.3, -0.25) is 14.3 Å². The van der Waals surface area contributed by atoms with Crippen LogP contribution in [0.4, 0.5) is 5.95 Å². The van der Waals surface area contributed by atoms with Crippen molar-refractivity contribution in [1.29, 1.82) is 0 Å². The first-order valence-electron chi connectivity index (χ1n) is 10.8. The van der Waals surface area contributed by atoms with Gasteiger partial charge in [0.25, 0.3) is 5.56 Å². The van der Waals surface area contributed by atoms with Crippen LogP contribution in [0.1, 0.15) is 11.1 Å². The molecule has 0 saturated carbocycles. The molecule has 0 aliphatic carbocycles. The average Bonchev–Trinajstić information content (AvgIpc) is 3.16. The molecule has 4 rings (SSSR count). The standard InChI is InChI=1S/C24H27N5O4/c1-16-8-6-7-11-19(16)33-15-18(30)14-29-20-21(28(2)24(32)27-22(20)31)26-23(29)25-13-12-17-9-4-3-5-10-17/h3-11,18,30H,12-15H2,1-2H3,(H,25,26)(H,27,31,32)/t18-/m0/s1. The Morgan fingerprint density at radius 2 is 1.85 bits per heavy atom. The number of aliphatic hydroxyl groups is 1. The predicted molar refractivity (Wildman–Crippen MR) is 127 cm³/mol. The number of ether oxygens (including phenoxy) is 1. The van der Waals surface area contributed by atoms with Crippen molar-refractivity contribution < 1.29 is 9.84 Å². The number of aromatic nitrogens is 4. The summed E-state index contributed by atoms with van der Waals surface area (Å²) in [5.41, 5.74) is 1.49. The Hall–Kier alpha value is -3.85. The molecule has 2 heterocycles. The molecule has 0 aliphatic rings. The first-order chi connectivity index (χ1) is 15.9. The van der Waals surface area contributed by atoms with Gasteiger partial charge in [0.05, 0.1) is 6.54 Å². The molecule has 2 aromatic heterocycles. The number of hydrogen-bond acceptors (Lipinski definition) is 6. The third-order valence-electron chi connectivity index (χ3n) is 5.46. The monoisotopic (exact) mass is 449 g/mol. The summed E-state index contributed by atoms with van der Waals surface area (Å²) in [5, 5.41) is 13.9. The second-order valence-corrected chi connectivity index (χ2v) is 7.93. The summed E-state index contributed by atoms with van der Waals surface area (Å²) in [7, 11) is 1.55. The normalized spacial score (nSPS) is 12.1. The fraction of sp³-hybridized carbons (Fsp3) is 0.292. The van der Waals surface area contributed by atoms with Crippen LogP contribution in [0.3, 0.4) is 0 Å². The number of benzene rings is 2. The summed E-state index contributed by atoms with van der Waals surface area (Å²) >= 11 is 0. The topological polar surface area (TPSA) is 114 Å². The van der Waals surface area contributed by atoms with Crippen LogP contribution < -0.4 is 21.3 Å². The third kappa shape index (κ3) is 4.98. The van der Waals surface area contributed by atoms with Crippen LogP contribution in [0.15, 0.2) is 64.2 Å². The van der Waals surface area contributed by atoms with Crippen molar-refractivity contribution >= 4 is 17.1 Å². The number of nitrogens with zero attached hydrogens (tertiary/aromatic N) is 3. The highest BCUT2D eigenvalue weighted by molar-refractivity contribution is 5.74. The van der Waals surface area contributed by atoms with Crippen LogP contribution in [0, 0.1) is 6.92 Å². The van der Waals surface area contributed by atoms with Gasteiger partial charge in [0.2, 0.25) is 5.95 Å². The molecule has 2 aromatic carbocycles. The lowest BCUT2D eigenvalue weighted by molar-refractivity contribution is 0.0935. The summed E-state index contributed by atoms with van der Waals surface area (Å²) in [4.78, 5) is 31.5. The van der Waals surface area contributed by atoms with E-state index in [2.05, 4.69) is 15.3 Å². The molecule has 0 spiro atoms. The largest absolute Gasteiger partial charge is 0.491 e. The molecule has 0 saturated heterocycles. The lowest BCUT2D eigenvalue weighted by Gasteiger charge is -2.16. The van der Waals surface area contributed by atoms with Crippen LogP contribution in [0.2, 0.25) is 0 Å². The van der Waals surface area contributed by atoms with E-state index in [9.17, 15) is 14.7 Å². The number of H-pyrrole nitrogens is 1. The van der Waals surface area contributed by atoms with Crippen molar-refractivity contribution in [2.24, 2.45) is 7.05 Å². The number of aromatic amines is 1. The second kappa shape index (κ2) is 9.74. The molecule has 0 bridgehead atoms.